The van der Waals surface area contributed by atoms with Crippen molar-refractivity contribution >= 4 is 23.6 Å². The molecule has 0 bridgehead atoms. The number of carbonyl (C=O) groups excluding carboxylic acids is 2. The van der Waals surface area contributed by atoms with Crippen LogP contribution < -0.4 is 5.32 Å². The first-order valence-corrected chi connectivity index (χ1v) is 4.89. The summed E-state index contributed by atoms with van der Waals surface area (Å²) in [6, 6.07) is 0. The predicted octanol–water partition coefficient (Wildman–Crippen LogP) is 0.791. The molecule has 1 fully saturated rings. The van der Waals surface area contributed by atoms with Crippen molar-refractivity contribution < 1.29 is 9.59 Å². The second kappa shape index (κ2) is 5.18. The van der Waals surface area contributed by atoms with Crippen LogP contribution in [-0.4, -0.2) is 23.3 Å². The predicted molar refractivity (Wildman–Crippen MR) is 46.4 cm³/mol. The van der Waals surface area contributed by atoms with E-state index < -0.39 is 0 Å². The van der Waals surface area contributed by atoms with E-state index in [1.807, 2.05) is 20.1 Å². The first-order chi connectivity index (χ1) is 5.24. The van der Waals surface area contributed by atoms with Crippen molar-refractivity contribution in [3.8, 4) is 0 Å². The summed E-state index contributed by atoms with van der Waals surface area (Å²) in [5, 5.41) is 2.08. The Morgan fingerprint density at radius 3 is 2.18 bits per heavy atom. The summed E-state index contributed by atoms with van der Waals surface area (Å²) >= 11 is 1.41. The molecule has 0 spiro atoms. The molecule has 1 aliphatic rings. The van der Waals surface area contributed by atoms with Crippen molar-refractivity contribution in [1.29, 1.82) is 0 Å². The molecule has 1 aliphatic heterocycles. The maximum Gasteiger partial charge on any atom is 0.240 e. The zero-order valence-corrected chi connectivity index (χ0v) is 7.83. The molecule has 11 heavy (non-hydrogen) atoms. The minimum absolute atomic E-state index is 0.141. The van der Waals surface area contributed by atoms with Crippen molar-refractivity contribution in [1.82, 2.24) is 5.32 Å². The molecule has 0 aromatic rings. The summed E-state index contributed by atoms with van der Waals surface area (Å²) < 4.78 is 0. The van der Waals surface area contributed by atoms with E-state index in [0.29, 0.717) is 6.42 Å². The number of hydrogen-bond donors (Lipinski definition) is 1. The van der Waals surface area contributed by atoms with Crippen molar-refractivity contribution in [2.75, 3.05) is 6.26 Å². The van der Waals surface area contributed by atoms with Crippen LogP contribution in [0.3, 0.4) is 0 Å². The third-order valence-electron chi connectivity index (χ3n) is 1.21. The zero-order valence-electron chi connectivity index (χ0n) is 7.01. The van der Waals surface area contributed by atoms with E-state index in [1.165, 1.54) is 11.8 Å². The van der Waals surface area contributed by atoms with Gasteiger partial charge in [0.1, 0.15) is 0 Å². The van der Waals surface area contributed by atoms with E-state index in [1.54, 1.807) is 0 Å². The number of rotatable bonds is 1. The molecule has 3 nitrogen and oxygen atoms in total. The monoisotopic (exact) mass is 175 g/mol. The quantitative estimate of drug-likeness (QED) is 0.599. The number of amides is 2. The third-order valence-corrected chi connectivity index (χ3v) is 2.16. The largest absolute Gasteiger partial charge is 0.295 e. The highest BCUT2D eigenvalue weighted by molar-refractivity contribution is 8.00. The Hall–Kier alpha value is -0.510. The molecule has 4 heteroatoms. The van der Waals surface area contributed by atoms with Crippen LogP contribution in [0.2, 0.25) is 0 Å². The second-order valence-electron chi connectivity index (χ2n) is 1.84. The Morgan fingerprint density at radius 1 is 1.45 bits per heavy atom. The average molecular weight is 175 g/mol. The summed E-state index contributed by atoms with van der Waals surface area (Å²) in [5.41, 5.74) is 0. The molecule has 0 radical (unpaired) electrons. The van der Waals surface area contributed by atoms with Crippen LogP contribution in [-0.2, 0) is 9.59 Å². The van der Waals surface area contributed by atoms with Crippen molar-refractivity contribution in [3.63, 3.8) is 0 Å². The van der Waals surface area contributed by atoms with Gasteiger partial charge in [-0.25, -0.2) is 0 Å². The van der Waals surface area contributed by atoms with Crippen LogP contribution in [0.4, 0.5) is 0 Å². The molecule has 0 aromatic carbocycles. The SMILES string of the molecule is CC.CSC1CC(=O)NC1=O. The topological polar surface area (TPSA) is 46.2 Å². The molecule has 0 aromatic heterocycles. The number of carbonyl (C=O) groups is 2. The molecular formula is C7H13NO2S. The summed E-state index contributed by atoms with van der Waals surface area (Å²) in [6.07, 6.45) is 2.17. The summed E-state index contributed by atoms with van der Waals surface area (Å²) in [5.74, 6) is -0.299. The van der Waals surface area contributed by atoms with Crippen LogP contribution in [0.5, 0.6) is 0 Å². The lowest BCUT2D eigenvalue weighted by Crippen LogP contribution is -2.22. The Bertz CT molecular complexity index is 159. The summed E-state index contributed by atoms with van der Waals surface area (Å²) in [7, 11) is 0. The van der Waals surface area contributed by atoms with E-state index in [4.69, 9.17) is 0 Å². The number of nitrogens with one attached hydrogen (secondary N) is 1. The average Bonchev–Trinajstić information content (AvgIpc) is 2.33. The maximum atomic E-state index is 10.7. The normalized spacial score (nSPS) is 22.3. The fraction of sp³-hybridized carbons (Fsp3) is 0.714. The van der Waals surface area contributed by atoms with Crippen LogP contribution in [0.25, 0.3) is 0 Å². The van der Waals surface area contributed by atoms with Crippen molar-refractivity contribution in [2.24, 2.45) is 0 Å². The van der Waals surface area contributed by atoms with Crippen molar-refractivity contribution in [3.05, 3.63) is 0 Å². The molecule has 2 amide bonds. The van der Waals surface area contributed by atoms with Gasteiger partial charge in [-0.15, -0.1) is 0 Å². The van der Waals surface area contributed by atoms with Gasteiger partial charge in [0.25, 0.3) is 0 Å². The minimum Gasteiger partial charge on any atom is -0.295 e. The van der Waals surface area contributed by atoms with E-state index in [-0.39, 0.29) is 17.1 Å². The molecule has 0 aliphatic carbocycles. The third kappa shape index (κ3) is 2.93. The zero-order chi connectivity index (χ0) is 8.85. The lowest BCUT2D eigenvalue weighted by atomic mass is 10.4. The van der Waals surface area contributed by atoms with Gasteiger partial charge < -0.3 is 0 Å². The van der Waals surface area contributed by atoms with Gasteiger partial charge in [0.15, 0.2) is 0 Å². The van der Waals surface area contributed by atoms with Gasteiger partial charge in [0.05, 0.1) is 5.25 Å². The molecule has 1 heterocycles. The molecule has 0 saturated carbocycles. The standard InChI is InChI=1S/C5H7NO2S.C2H6/c1-9-3-2-4(7)6-5(3)8;1-2/h3H,2H2,1H3,(H,6,7,8);1-2H3. The van der Waals surface area contributed by atoms with Gasteiger partial charge in [-0.05, 0) is 6.26 Å². The number of thioether (sulfide) groups is 1. The highest BCUT2D eigenvalue weighted by atomic mass is 32.2. The van der Waals surface area contributed by atoms with E-state index in [9.17, 15) is 9.59 Å². The van der Waals surface area contributed by atoms with Gasteiger partial charge in [0, 0.05) is 6.42 Å². The second-order valence-corrected chi connectivity index (χ2v) is 2.88. The van der Waals surface area contributed by atoms with Crippen LogP contribution in [0, 0.1) is 0 Å². The van der Waals surface area contributed by atoms with E-state index >= 15 is 0 Å². The molecule has 1 saturated heterocycles. The van der Waals surface area contributed by atoms with E-state index in [2.05, 4.69) is 5.32 Å². The van der Waals surface area contributed by atoms with Gasteiger partial charge in [0.2, 0.25) is 11.8 Å². The molecule has 1 N–H and O–H groups in total. The van der Waals surface area contributed by atoms with Crippen molar-refractivity contribution in [2.45, 2.75) is 25.5 Å². The van der Waals surface area contributed by atoms with E-state index in [0.717, 1.165) is 0 Å². The smallest absolute Gasteiger partial charge is 0.240 e. The Morgan fingerprint density at radius 2 is 2.00 bits per heavy atom. The van der Waals surface area contributed by atoms with Gasteiger partial charge in [-0.2, -0.15) is 11.8 Å². The molecule has 1 rings (SSSR count). The molecular weight excluding hydrogens is 162 g/mol. The Labute approximate surface area is 70.9 Å². The maximum absolute atomic E-state index is 10.7. The van der Waals surface area contributed by atoms with Gasteiger partial charge in [-0.3, -0.25) is 14.9 Å². The summed E-state index contributed by atoms with van der Waals surface area (Å²) in [4.78, 5) is 21.1. The molecule has 1 unspecified atom stereocenters. The number of imide groups is 1. The lowest BCUT2D eigenvalue weighted by molar-refractivity contribution is -0.124. The fourth-order valence-electron chi connectivity index (χ4n) is 0.720. The minimum atomic E-state index is -0.153. The van der Waals surface area contributed by atoms with Gasteiger partial charge >= 0.3 is 0 Å². The lowest BCUT2D eigenvalue weighted by Gasteiger charge is -1.96. The highest BCUT2D eigenvalue weighted by Crippen LogP contribution is 2.15. The molecule has 64 valence electrons. The molecule has 1 atom stereocenters. The van der Waals surface area contributed by atoms with Gasteiger partial charge in [-0.1, -0.05) is 13.8 Å². The highest BCUT2D eigenvalue weighted by Gasteiger charge is 2.29. The fourth-order valence-corrected chi connectivity index (χ4v) is 1.31. The first kappa shape index (κ1) is 10.5. The van der Waals surface area contributed by atoms with Crippen LogP contribution in [0.1, 0.15) is 20.3 Å². The first-order valence-electron chi connectivity index (χ1n) is 3.60. The Kier molecular flexibility index (Phi) is 4.94. The Balaban J connectivity index is 0.000000461. The van der Waals surface area contributed by atoms with Crippen LogP contribution in [0.15, 0.2) is 0 Å². The summed E-state index contributed by atoms with van der Waals surface area (Å²) in [6.45, 7) is 4.00. The number of hydrogen-bond acceptors (Lipinski definition) is 3. The van der Waals surface area contributed by atoms with Crippen LogP contribution >= 0.6 is 11.8 Å².